The predicted molar refractivity (Wildman–Crippen MR) is 105 cm³/mol. The Kier molecular flexibility index (Phi) is 5.52. The Morgan fingerprint density at radius 2 is 1.89 bits per heavy atom. The van der Waals surface area contributed by atoms with E-state index in [0.717, 1.165) is 5.69 Å². The van der Waals surface area contributed by atoms with Gasteiger partial charge in [0.05, 0.1) is 29.6 Å². The van der Waals surface area contributed by atoms with E-state index >= 15 is 0 Å². The summed E-state index contributed by atoms with van der Waals surface area (Å²) in [6, 6.07) is 10.8. The third-order valence-corrected chi connectivity index (χ3v) is 4.30. The number of hydrogen-bond acceptors (Lipinski definition) is 7. The molecule has 0 amide bonds. The highest BCUT2D eigenvalue weighted by Crippen LogP contribution is 2.26. The maximum atomic E-state index is 11.7. The summed E-state index contributed by atoms with van der Waals surface area (Å²) >= 11 is 6.19. The SMILES string of the molecule is COC(=O)c1ccc(Cl)c(Nc2nncc(Nc3ccc(C)c(C)c3)n2)c1. The van der Waals surface area contributed by atoms with Crippen LogP contribution >= 0.6 is 11.6 Å². The lowest BCUT2D eigenvalue weighted by atomic mass is 10.1. The third kappa shape index (κ3) is 4.51. The van der Waals surface area contributed by atoms with Crippen LogP contribution in [0, 0.1) is 13.8 Å². The van der Waals surface area contributed by atoms with Crippen molar-refractivity contribution in [2.75, 3.05) is 17.7 Å². The van der Waals surface area contributed by atoms with E-state index in [1.54, 1.807) is 18.2 Å². The zero-order chi connectivity index (χ0) is 19.4. The molecule has 2 aromatic carbocycles. The number of rotatable bonds is 5. The molecule has 0 radical (unpaired) electrons. The summed E-state index contributed by atoms with van der Waals surface area (Å²) in [5.74, 6) is 0.308. The van der Waals surface area contributed by atoms with E-state index in [4.69, 9.17) is 16.3 Å². The first-order valence-electron chi connectivity index (χ1n) is 8.15. The van der Waals surface area contributed by atoms with E-state index in [0.29, 0.717) is 22.1 Å². The number of carbonyl (C=O) groups excluding carboxylic acids is 1. The fraction of sp³-hybridized carbons (Fsp3) is 0.158. The molecule has 7 nitrogen and oxygen atoms in total. The highest BCUT2D eigenvalue weighted by Gasteiger charge is 2.11. The van der Waals surface area contributed by atoms with E-state index in [1.165, 1.54) is 24.4 Å². The summed E-state index contributed by atoms with van der Waals surface area (Å²) in [6.45, 7) is 4.10. The fourth-order valence-corrected chi connectivity index (χ4v) is 2.53. The molecule has 0 aliphatic rings. The van der Waals surface area contributed by atoms with Gasteiger partial charge < -0.3 is 15.4 Å². The Balaban J connectivity index is 1.82. The highest BCUT2D eigenvalue weighted by atomic mass is 35.5. The van der Waals surface area contributed by atoms with Crippen LogP contribution in [0.2, 0.25) is 5.02 Å². The van der Waals surface area contributed by atoms with E-state index < -0.39 is 5.97 Å². The molecule has 0 aliphatic carbocycles. The van der Waals surface area contributed by atoms with Crippen LogP contribution in [-0.2, 0) is 4.74 Å². The maximum absolute atomic E-state index is 11.7. The van der Waals surface area contributed by atoms with Gasteiger partial charge in [-0.05, 0) is 55.3 Å². The summed E-state index contributed by atoms with van der Waals surface area (Å²) in [6.07, 6.45) is 1.52. The van der Waals surface area contributed by atoms with Gasteiger partial charge in [0, 0.05) is 5.69 Å². The smallest absolute Gasteiger partial charge is 0.337 e. The largest absolute Gasteiger partial charge is 0.465 e. The van der Waals surface area contributed by atoms with Crippen LogP contribution in [0.5, 0.6) is 0 Å². The predicted octanol–water partition coefficient (Wildman–Crippen LogP) is 4.42. The van der Waals surface area contributed by atoms with Crippen LogP contribution in [0.25, 0.3) is 0 Å². The number of halogens is 1. The first-order chi connectivity index (χ1) is 13.0. The number of hydrogen-bond donors (Lipinski definition) is 2. The van der Waals surface area contributed by atoms with Gasteiger partial charge in [-0.2, -0.15) is 10.1 Å². The van der Waals surface area contributed by atoms with Crippen molar-refractivity contribution in [1.82, 2.24) is 15.2 Å². The lowest BCUT2D eigenvalue weighted by Gasteiger charge is -2.10. The van der Waals surface area contributed by atoms with Crippen LogP contribution in [0.1, 0.15) is 21.5 Å². The molecule has 0 fully saturated rings. The van der Waals surface area contributed by atoms with Crippen molar-refractivity contribution in [2.45, 2.75) is 13.8 Å². The number of anilines is 4. The zero-order valence-electron chi connectivity index (χ0n) is 15.1. The number of carbonyl (C=O) groups is 1. The highest BCUT2D eigenvalue weighted by molar-refractivity contribution is 6.33. The summed E-state index contributed by atoms with van der Waals surface area (Å²) < 4.78 is 4.72. The summed E-state index contributed by atoms with van der Waals surface area (Å²) in [5.41, 5.74) is 4.12. The minimum absolute atomic E-state index is 0.243. The fourth-order valence-electron chi connectivity index (χ4n) is 2.37. The van der Waals surface area contributed by atoms with E-state index in [2.05, 4.69) is 32.7 Å². The molecule has 2 N–H and O–H groups in total. The Morgan fingerprint density at radius 1 is 1.07 bits per heavy atom. The minimum atomic E-state index is -0.459. The number of nitrogens with zero attached hydrogens (tertiary/aromatic N) is 3. The average molecular weight is 384 g/mol. The van der Waals surface area contributed by atoms with Crippen molar-refractivity contribution >= 4 is 40.7 Å². The molecular formula is C19H18ClN5O2. The van der Waals surface area contributed by atoms with Crippen molar-refractivity contribution in [3.05, 3.63) is 64.3 Å². The summed E-state index contributed by atoms with van der Waals surface area (Å²) in [4.78, 5) is 16.1. The van der Waals surface area contributed by atoms with Gasteiger partial charge in [-0.15, -0.1) is 5.10 Å². The van der Waals surface area contributed by atoms with Crippen LogP contribution in [0.15, 0.2) is 42.6 Å². The van der Waals surface area contributed by atoms with Gasteiger partial charge in [0.1, 0.15) is 0 Å². The molecule has 0 saturated heterocycles. The molecule has 1 aromatic heterocycles. The summed E-state index contributed by atoms with van der Waals surface area (Å²) in [7, 11) is 1.32. The average Bonchev–Trinajstić information content (AvgIpc) is 2.66. The second-order valence-corrected chi connectivity index (χ2v) is 6.31. The molecule has 3 aromatic rings. The standard InChI is InChI=1S/C19H18ClN5O2/c1-11-4-6-14(8-12(11)2)22-17-10-21-25-19(24-17)23-16-9-13(18(26)27-3)5-7-15(16)20/h4-10H,1-3H3,(H2,22,23,24,25). The molecule has 0 bridgehead atoms. The van der Waals surface area contributed by atoms with Crippen molar-refractivity contribution in [1.29, 1.82) is 0 Å². The molecule has 0 atom stereocenters. The molecule has 8 heteroatoms. The van der Waals surface area contributed by atoms with Gasteiger partial charge in [-0.3, -0.25) is 0 Å². The van der Waals surface area contributed by atoms with Crippen molar-refractivity contribution in [3.63, 3.8) is 0 Å². The van der Waals surface area contributed by atoms with Crippen LogP contribution in [-0.4, -0.2) is 28.3 Å². The van der Waals surface area contributed by atoms with E-state index in [9.17, 15) is 4.79 Å². The van der Waals surface area contributed by atoms with Crippen molar-refractivity contribution < 1.29 is 9.53 Å². The number of methoxy groups -OCH3 is 1. The van der Waals surface area contributed by atoms with Gasteiger partial charge in [0.25, 0.3) is 0 Å². The second-order valence-electron chi connectivity index (χ2n) is 5.90. The minimum Gasteiger partial charge on any atom is -0.465 e. The molecule has 0 aliphatic heterocycles. The Hall–Kier alpha value is -3.19. The van der Waals surface area contributed by atoms with Gasteiger partial charge >= 0.3 is 5.97 Å². The molecule has 27 heavy (non-hydrogen) atoms. The first-order valence-corrected chi connectivity index (χ1v) is 8.53. The molecule has 0 spiro atoms. The van der Waals surface area contributed by atoms with Gasteiger partial charge in [0.15, 0.2) is 5.82 Å². The normalized spacial score (nSPS) is 10.4. The van der Waals surface area contributed by atoms with Crippen LogP contribution in [0.4, 0.5) is 23.1 Å². The van der Waals surface area contributed by atoms with Crippen LogP contribution in [0.3, 0.4) is 0 Å². The molecule has 3 rings (SSSR count). The Labute approximate surface area is 161 Å². The second kappa shape index (κ2) is 8.01. The number of aryl methyl sites for hydroxylation is 2. The van der Waals surface area contributed by atoms with E-state index in [1.807, 2.05) is 25.1 Å². The quantitative estimate of drug-likeness (QED) is 0.630. The monoisotopic (exact) mass is 383 g/mol. The molecule has 0 saturated carbocycles. The zero-order valence-corrected chi connectivity index (χ0v) is 15.8. The lowest BCUT2D eigenvalue weighted by Crippen LogP contribution is -2.05. The van der Waals surface area contributed by atoms with Gasteiger partial charge in [-0.25, -0.2) is 4.79 Å². The van der Waals surface area contributed by atoms with E-state index in [-0.39, 0.29) is 5.95 Å². The first kappa shape index (κ1) is 18.6. The topological polar surface area (TPSA) is 89.0 Å². The summed E-state index contributed by atoms with van der Waals surface area (Å²) in [5, 5.41) is 14.5. The number of ether oxygens (including phenoxy) is 1. The number of esters is 1. The van der Waals surface area contributed by atoms with Crippen molar-refractivity contribution in [2.24, 2.45) is 0 Å². The molecule has 1 heterocycles. The van der Waals surface area contributed by atoms with Gasteiger partial charge in [0.2, 0.25) is 5.95 Å². The Bertz CT molecular complexity index is 994. The van der Waals surface area contributed by atoms with Crippen LogP contribution < -0.4 is 10.6 Å². The molecule has 0 unspecified atom stereocenters. The molecule has 138 valence electrons. The lowest BCUT2D eigenvalue weighted by molar-refractivity contribution is 0.0601. The number of benzene rings is 2. The number of nitrogens with one attached hydrogen (secondary N) is 2. The molecular weight excluding hydrogens is 366 g/mol. The van der Waals surface area contributed by atoms with Crippen molar-refractivity contribution in [3.8, 4) is 0 Å². The number of aromatic nitrogens is 3. The third-order valence-electron chi connectivity index (χ3n) is 3.97. The Morgan fingerprint density at radius 3 is 2.63 bits per heavy atom. The van der Waals surface area contributed by atoms with Gasteiger partial charge in [-0.1, -0.05) is 17.7 Å². The maximum Gasteiger partial charge on any atom is 0.337 e.